The van der Waals surface area contributed by atoms with Crippen molar-refractivity contribution in [1.29, 1.82) is 0 Å². The van der Waals surface area contributed by atoms with Crippen molar-refractivity contribution in [3.05, 3.63) is 29.8 Å². The summed E-state index contributed by atoms with van der Waals surface area (Å²) in [6, 6.07) is 5.46. The van der Waals surface area contributed by atoms with Gasteiger partial charge in [0.2, 0.25) is 11.8 Å². The zero-order chi connectivity index (χ0) is 15.4. The number of nitrogens with one attached hydrogen (secondary N) is 2. The van der Waals surface area contributed by atoms with E-state index in [9.17, 15) is 14.7 Å². The van der Waals surface area contributed by atoms with Crippen molar-refractivity contribution < 1.29 is 14.7 Å². The number of hydrogen-bond donors (Lipinski definition) is 4. The Morgan fingerprint density at radius 1 is 1.29 bits per heavy atom. The molecule has 0 bridgehead atoms. The number of phenols is 1. The van der Waals surface area contributed by atoms with E-state index < -0.39 is 12.1 Å². The second-order valence-corrected chi connectivity index (χ2v) is 5.49. The van der Waals surface area contributed by atoms with Crippen LogP contribution in [0.15, 0.2) is 24.3 Å². The normalized spacial score (nSPS) is 16.9. The molecule has 0 saturated heterocycles. The lowest BCUT2D eigenvalue weighted by atomic mass is 10.1. The van der Waals surface area contributed by atoms with Crippen LogP contribution in [0.25, 0.3) is 0 Å². The van der Waals surface area contributed by atoms with E-state index in [1.165, 1.54) is 0 Å². The smallest absolute Gasteiger partial charge is 0.242 e. The first-order chi connectivity index (χ1) is 9.95. The molecule has 6 nitrogen and oxygen atoms in total. The number of nitrogens with two attached hydrogens (primary N) is 1. The molecule has 0 heterocycles. The number of hydrogen-bond acceptors (Lipinski definition) is 4. The van der Waals surface area contributed by atoms with Gasteiger partial charge in [0.15, 0.2) is 0 Å². The molecular weight excluding hydrogens is 270 g/mol. The van der Waals surface area contributed by atoms with Crippen molar-refractivity contribution in [3.8, 4) is 5.75 Å². The molecule has 2 atom stereocenters. The molecule has 21 heavy (non-hydrogen) atoms. The highest BCUT2D eigenvalue weighted by atomic mass is 16.3. The summed E-state index contributed by atoms with van der Waals surface area (Å²) in [6.07, 6.45) is 2.36. The number of rotatable bonds is 6. The molecule has 1 fully saturated rings. The fourth-order valence-corrected chi connectivity index (χ4v) is 1.92. The summed E-state index contributed by atoms with van der Waals surface area (Å²) >= 11 is 0. The van der Waals surface area contributed by atoms with Gasteiger partial charge >= 0.3 is 0 Å². The average molecular weight is 291 g/mol. The van der Waals surface area contributed by atoms with Gasteiger partial charge in [-0.3, -0.25) is 9.59 Å². The zero-order valence-corrected chi connectivity index (χ0v) is 12.0. The van der Waals surface area contributed by atoms with E-state index in [4.69, 9.17) is 5.73 Å². The van der Waals surface area contributed by atoms with Crippen LogP contribution in [0.4, 0.5) is 0 Å². The van der Waals surface area contributed by atoms with Crippen molar-refractivity contribution in [1.82, 2.24) is 10.6 Å². The Hall–Kier alpha value is -2.08. The van der Waals surface area contributed by atoms with E-state index in [2.05, 4.69) is 10.6 Å². The third kappa shape index (κ3) is 4.75. The van der Waals surface area contributed by atoms with Gasteiger partial charge in [-0.25, -0.2) is 0 Å². The molecule has 2 rings (SSSR count). The first kappa shape index (κ1) is 15.3. The third-order valence-corrected chi connectivity index (χ3v) is 3.40. The van der Waals surface area contributed by atoms with Crippen LogP contribution in [-0.4, -0.2) is 35.0 Å². The Morgan fingerprint density at radius 2 is 1.90 bits per heavy atom. The average Bonchev–Trinajstić information content (AvgIpc) is 3.25. The summed E-state index contributed by atoms with van der Waals surface area (Å²) in [6.45, 7) is 1.64. The number of carbonyl (C=O) groups excluding carboxylic acids is 2. The number of phenolic OH excluding ortho intramolecular Hbond substituents is 1. The van der Waals surface area contributed by atoms with Gasteiger partial charge < -0.3 is 21.5 Å². The molecule has 1 saturated carbocycles. The fraction of sp³-hybridized carbons (Fsp3) is 0.467. The van der Waals surface area contributed by atoms with E-state index >= 15 is 0 Å². The maximum absolute atomic E-state index is 12.0. The third-order valence-electron chi connectivity index (χ3n) is 3.40. The minimum absolute atomic E-state index is 0.169. The SMILES string of the molecule is CC(NC(=O)[C@H](N)Cc1ccc(O)cc1)C(=O)NC1CC1. The summed E-state index contributed by atoms with van der Waals surface area (Å²) in [5, 5.41) is 14.7. The Kier molecular flexibility index (Phi) is 4.80. The highest BCUT2D eigenvalue weighted by molar-refractivity contribution is 5.89. The van der Waals surface area contributed by atoms with Gasteiger partial charge in [0.1, 0.15) is 11.8 Å². The predicted molar refractivity (Wildman–Crippen MR) is 78.6 cm³/mol. The van der Waals surface area contributed by atoms with E-state index in [-0.39, 0.29) is 23.6 Å². The fourth-order valence-electron chi connectivity index (χ4n) is 1.92. The van der Waals surface area contributed by atoms with E-state index in [1.807, 2.05) is 0 Å². The van der Waals surface area contributed by atoms with Crippen LogP contribution in [-0.2, 0) is 16.0 Å². The Morgan fingerprint density at radius 3 is 2.48 bits per heavy atom. The van der Waals surface area contributed by atoms with Gasteiger partial charge in [-0.15, -0.1) is 0 Å². The van der Waals surface area contributed by atoms with Crippen LogP contribution in [0.2, 0.25) is 0 Å². The molecule has 1 unspecified atom stereocenters. The van der Waals surface area contributed by atoms with E-state index in [1.54, 1.807) is 31.2 Å². The van der Waals surface area contributed by atoms with Crippen LogP contribution in [0.5, 0.6) is 5.75 Å². The van der Waals surface area contributed by atoms with Gasteiger partial charge in [-0.1, -0.05) is 12.1 Å². The van der Waals surface area contributed by atoms with Gasteiger partial charge in [0, 0.05) is 6.04 Å². The largest absolute Gasteiger partial charge is 0.508 e. The van der Waals surface area contributed by atoms with Crippen LogP contribution in [0.1, 0.15) is 25.3 Å². The molecule has 1 aromatic rings. The maximum Gasteiger partial charge on any atom is 0.242 e. The summed E-state index contributed by atoms with van der Waals surface area (Å²) < 4.78 is 0. The predicted octanol–water partition coefficient (Wildman–Crippen LogP) is 0.0453. The van der Waals surface area contributed by atoms with Crippen molar-refractivity contribution in [2.45, 2.75) is 44.3 Å². The van der Waals surface area contributed by atoms with Crippen molar-refractivity contribution in [2.24, 2.45) is 5.73 Å². The number of benzene rings is 1. The first-order valence-corrected chi connectivity index (χ1v) is 7.10. The van der Waals surface area contributed by atoms with Crippen LogP contribution in [0, 0.1) is 0 Å². The Bertz CT molecular complexity index is 511. The molecule has 0 aromatic heterocycles. The standard InChI is InChI=1S/C15H21N3O3/c1-9(14(20)18-11-4-5-11)17-15(21)13(16)8-10-2-6-12(19)7-3-10/h2-3,6-7,9,11,13,19H,4-5,8,16H2,1H3,(H,17,21)(H,18,20)/t9?,13-/m1/s1. The molecule has 114 valence electrons. The van der Waals surface area contributed by atoms with Gasteiger partial charge in [-0.2, -0.15) is 0 Å². The molecule has 0 radical (unpaired) electrons. The lowest BCUT2D eigenvalue weighted by molar-refractivity contribution is -0.129. The summed E-state index contributed by atoms with van der Waals surface area (Å²) in [5.74, 6) is -0.369. The summed E-state index contributed by atoms with van der Waals surface area (Å²) in [5.41, 5.74) is 6.70. The summed E-state index contributed by atoms with van der Waals surface area (Å²) in [7, 11) is 0. The van der Waals surface area contributed by atoms with E-state index in [0.29, 0.717) is 6.42 Å². The first-order valence-electron chi connectivity index (χ1n) is 7.10. The molecule has 5 N–H and O–H groups in total. The molecule has 6 heteroatoms. The number of aromatic hydroxyl groups is 1. The molecule has 0 spiro atoms. The van der Waals surface area contributed by atoms with E-state index in [0.717, 1.165) is 18.4 Å². The second-order valence-electron chi connectivity index (χ2n) is 5.49. The quantitative estimate of drug-likeness (QED) is 0.594. The zero-order valence-electron chi connectivity index (χ0n) is 12.0. The topological polar surface area (TPSA) is 104 Å². The Labute approximate surface area is 123 Å². The molecular formula is C15H21N3O3. The van der Waals surface area contributed by atoms with Gasteiger partial charge in [0.25, 0.3) is 0 Å². The van der Waals surface area contributed by atoms with Crippen molar-refractivity contribution >= 4 is 11.8 Å². The van der Waals surface area contributed by atoms with Crippen LogP contribution < -0.4 is 16.4 Å². The van der Waals surface area contributed by atoms with Crippen molar-refractivity contribution in [3.63, 3.8) is 0 Å². The minimum Gasteiger partial charge on any atom is -0.508 e. The molecule has 2 amide bonds. The van der Waals surface area contributed by atoms with Crippen LogP contribution >= 0.6 is 0 Å². The molecule has 1 aliphatic rings. The molecule has 1 aromatic carbocycles. The van der Waals surface area contributed by atoms with Gasteiger partial charge in [-0.05, 0) is 43.9 Å². The van der Waals surface area contributed by atoms with Crippen molar-refractivity contribution in [2.75, 3.05) is 0 Å². The van der Waals surface area contributed by atoms with Crippen LogP contribution in [0.3, 0.4) is 0 Å². The molecule has 0 aliphatic heterocycles. The van der Waals surface area contributed by atoms with Gasteiger partial charge in [0.05, 0.1) is 6.04 Å². The highest BCUT2D eigenvalue weighted by Crippen LogP contribution is 2.18. The number of amides is 2. The Balaban J connectivity index is 1.80. The maximum atomic E-state index is 12.0. The number of carbonyl (C=O) groups is 2. The lowest BCUT2D eigenvalue weighted by Crippen LogP contribution is -2.51. The highest BCUT2D eigenvalue weighted by Gasteiger charge is 2.27. The lowest BCUT2D eigenvalue weighted by Gasteiger charge is -2.17. The monoisotopic (exact) mass is 291 g/mol. The minimum atomic E-state index is -0.731. The second kappa shape index (κ2) is 6.58. The molecule has 1 aliphatic carbocycles. The summed E-state index contributed by atoms with van der Waals surface area (Å²) in [4.78, 5) is 23.7.